The number of nitrogens with one attached hydrogen (secondary N) is 2. The molecule has 0 unspecified atom stereocenters. The zero-order valence-electron chi connectivity index (χ0n) is 11.0. The Balaban J connectivity index is 1.45. The minimum Gasteiger partial charge on any atom is -0.355 e. The third-order valence-corrected chi connectivity index (χ3v) is 4.16. The number of imidazole rings is 1. The van der Waals surface area contributed by atoms with E-state index in [9.17, 15) is 4.79 Å². The van der Waals surface area contributed by atoms with E-state index in [4.69, 9.17) is 0 Å². The lowest BCUT2D eigenvalue weighted by atomic mass is 10.3. The lowest BCUT2D eigenvalue weighted by Gasteiger charge is -2.06. The number of carbonyl (C=O) groups excluding carboxylic acids is 1. The summed E-state index contributed by atoms with van der Waals surface area (Å²) in [7, 11) is 0. The van der Waals surface area contributed by atoms with Gasteiger partial charge in [0.2, 0.25) is 5.91 Å². The van der Waals surface area contributed by atoms with Crippen LogP contribution in [0.2, 0.25) is 0 Å². The first-order chi connectivity index (χ1) is 9.25. The summed E-state index contributed by atoms with van der Waals surface area (Å²) in [5, 5.41) is 8.35. The molecular weight excluding hydrogens is 260 g/mol. The van der Waals surface area contributed by atoms with Crippen LogP contribution in [0.5, 0.6) is 0 Å². The molecule has 2 aromatic rings. The van der Waals surface area contributed by atoms with Crippen LogP contribution < -0.4 is 10.6 Å². The summed E-state index contributed by atoms with van der Waals surface area (Å²) in [6, 6.07) is 0. The van der Waals surface area contributed by atoms with E-state index >= 15 is 0 Å². The fourth-order valence-corrected chi connectivity index (χ4v) is 2.90. The summed E-state index contributed by atoms with van der Waals surface area (Å²) >= 11 is 1.65. The molecule has 2 heterocycles. The molecule has 1 aliphatic carbocycles. The van der Waals surface area contributed by atoms with Gasteiger partial charge in [-0.15, -0.1) is 11.3 Å². The second-order valence-electron chi connectivity index (χ2n) is 4.94. The van der Waals surface area contributed by atoms with Crippen molar-refractivity contribution in [2.45, 2.75) is 26.3 Å². The molecule has 6 heteroatoms. The molecule has 3 rings (SSSR count). The van der Waals surface area contributed by atoms with Gasteiger partial charge in [-0.2, -0.15) is 0 Å². The van der Waals surface area contributed by atoms with Gasteiger partial charge < -0.3 is 10.6 Å². The van der Waals surface area contributed by atoms with Gasteiger partial charge in [-0.05, 0) is 19.8 Å². The van der Waals surface area contributed by atoms with Gasteiger partial charge >= 0.3 is 0 Å². The molecule has 0 saturated heterocycles. The summed E-state index contributed by atoms with van der Waals surface area (Å²) in [5.74, 6) is 0.505. The molecule has 0 bridgehead atoms. The molecule has 102 valence electrons. The molecule has 2 aromatic heterocycles. The quantitative estimate of drug-likeness (QED) is 0.784. The Hall–Kier alpha value is -1.40. The van der Waals surface area contributed by atoms with Crippen LogP contribution in [0.4, 0.5) is 0 Å². The Morgan fingerprint density at radius 2 is 2.37 bits per heavy atom. The molecular formula is C13H18N4OS. The number of rotatable bonds is 6. The van der Waals surface area contributed by atoms with E-state index < -0.39 is 0 Å². The van der Waals surface area contributed by atoms with E-state index in [1.165, 1.54) is 5.69 Å². The summed E-state index contributed by atoms with van der Waals surface area (Å²) in [5.41, 5.74) is 2.27. The van der Waals surface area contributed by atoms with Crippen molar-refractivity contribution in [3.05, 3.63) is 23.0 Å². The van der Waals surface area contributed by atoms with Crippen molar-refractivity contribution in [3.8, 4) is 0 Å². The van der Waals surface area contributed by atoms with E-state index in [1.54, 1.807) is 11.3 Å². The smallest absolute Gasteiger partial charge is 0.223 e. The normalized spacial score (nSPS) is 15.0. The van der Waals surface area contributed by atoms with Crippen molar-refractivity contribution >= 4 is 22.2 Å². The number of thiazole rings is 1. The average Bonchev–Trinajstić information content (AvgIpc) is 3.08. The number of hydrogen-bond donors (Lipinski definition) is 2. The minimum atomic E-state index is 0.211. The highest BCUT2D eigenvalue weighted by Gasteiger charge is 2.28. The first kappa shape index (κ1) is 12.6. The van der Waals surface area contributed by atoms with Crippen LogP contribution >= 0.6 is 11.3 Å². The molecule has 0 atom stereocenters. The van der Waals surface area contributed by atoms with Crippen molar-refractivity contribution in [2.24, 2.45) is 5.92 Å². The van der Waals surface area contributed by atoms with Crippen molar-refractivity contribution in [3.63, 3.8) is 0 Å². The van der Waals surface area contributed by atoms with Crippen LogP contribution in [-0.4, -0.2) is 28.4 Å². The molecule has 1 saturated carbocycles. The molecule has 1 amide bonds. The van der Waals surface area contributed by atoms with E-state index in [-0.39, 0.29) is 5.91 Å². The van der Waals surface area contributed by atoms with Crippen molar-refractivity contribution < 1.29 is 4.79 Å². The highest BCUT2D eigenvalue weighted by molar-refractivity contribution is 7.15. The van der Waals surface area contributed by atoms with Gasteiger partial charge in [-0.1, -0.05) is 0 Å². The van der Waals surface area contributed by atoms with E-state index in [1.807, 2.05) is 18.5 Å². The predicted molar refractivity (Wildman–Crippen MR) is 75.2 cm³/mol. The molecule has 1 fully saturated rings. The van der Waals surface area contributed by atoms with Gasteiger partial charge in [0.05, 0.1) is 11.4 Å². The SMILES string of the molecule is Cc1nc2sccn2c1CNCCNC(=O)C1CC1. The van der Waals surface area contributed by atoms with Gasteiger partial charge in [0, 0.05) is 37.1 Å². The zero-order valence-corrected chi connectivity index (χ0v) is 11.8. The lowest BCUT2D eigenvalue weighted by molar-refractivity contribution is -0.122. The van der Waals surface area contributed by atoms with E-state index in [0.717, 1.165) is 36.6 Å². The van der Waals surface area contributed by atoms with Gasteiger partial charge in [-0.25, -0.2) is 4.98 Å². The van der Waals surface area contributed by atoms with Gasteiger partial charge in [-0.3, -0.25) is 9.20 Å². The lowest BCUT2D eigenvalue weighted by Crippen LogP contribution is -2.32. The second-order valence-corrected chi connectivity index (χ2v) is 5.81. The summed E-state index contributed by atoms with van der Waals surface area (Å²) in [6.45, 7) is 4.30. The maximum atomic E-state index is 11.4. The first-order valence-corrected chi connectivity index (χ1v) is 7.53. The fourth-order valence-electron chi connectivity index (χ4n) is 2.12. The fraction of sp³-hybridized carbons (Fsp3) is 0.538. The topological polar surface area (TPSA) is 58.4 Å². The van der Waals surface area contributed by atoms with Crippen molar-refractivity contribution in [2.75, 3.05) is 13.1 Å². The maximum Gasteiger partial charge on any atom is 0.223 e. The number of carbonyl (C=O) groups is 1. The average molecular weight is 278 g/mol. The van der Waals surface area contributed by atoms with Crippen molar-refractivity contribution in [1.82, 2.24) is 20.0 Å². The second kappa shape index (κ2) is 5.30. The standard InChI is InChI=1S/C13H18N4OS/c1-9-11(17-6-7-19-13(17)16-9)8-14-4-5-15-12(18)10-2-3-10/h6-7,10,14H,2-5,8H2,1H3,(H,15,18). The Morgan fingerprint density at radius 3 is 3.16 bits per heavy atom. The summed E-state index contributed by atoms with van der Waals surface area (Å²) < 4.78 is 2.12. The molecule has 0 aliphatic heterocycles. The molecule has 2 N–H and O–H groups in total. The van der Waals surface area contributed by atoms with Crippen LogP contribution in [0.1, 0.15) is 24.2 Å². The highest BCUT2D eigenvalue weighted by atomic mass is 32.1. The zero-order chi connectivity index (χ0) is 13.2. The summed E-state index contributed by atoms with van der Waals surface area (Å²) in [6.07, 6.45) is 4.17. The van der Waals surface area contributed by atoms with Crippen molar-refractivity contribution in [1.29, 1.82) is 0 Å². The van der Waals surface area contributed by atoms with Crippen LogP contribution in [0.25, 0.3) is 4.96 Å². The maximum absolute atomic E-state index is 11.4. The van der Waals surface area contributed by atoms with Crippen LogP contribution in [0, 0.1) is 12.8 Å². The molecule has 0 radical (unpaired) electrons. The van der Waals surface area contributed by atoms with E-state index in [2.05, 4.69) is 20.0 Å². The number of nitrogens with zero attached hydrogens (tertiary/aromatic N) is 2. The number of amides is 1. The van der Waals surface area contributed by atoms with Gasteiger partial charge in [0.1, 0.15) is 0 Å². The number of aryl methyl sites for hydroxylation is 1. The monoisotopic (exact) mass is 278 g/mol. The Labute approximate surface area is 116 Å². The Bertz CT molecular complexity index is 584. The Kier molecular flexibility index (Phi) is 3.52. The number of hydrogen-bond acceptors (Lipinski definition) is 4. The Morgan fingerprint density at radius 1 is 1.53 bits per heavy atom. The molecule has 5 nitrogen and oxygen atoms in total. The van der Waals surface area contributed by atoms with Gasteiger partial charge in [0.15, 0.2) is 4.96 Å². The van der Waals surface area contributed by atoms with Gasteiger partial charge in [0.25, 0.3) is 0 Å². The molecule has 0 spiro atoms. The van der Waals surface area contributed by atoms with E-state index in [0.29, 0.717) is 12.5 Å². The predicted octanol–water partition coefficient (Wildman–Crippen LogP) is 1.32. The number of aromatic nitrogens is 2. The molecule has 19 heavy (non-hydrogen) atoms. The highest BCUT2D eigenvalue weighted by Crippen LogP contribution is 2.28. The van der Waals surface area contributed by atoms with Crippen LogP contribution in [0.15, 0.2) is 11.6 Å². The van der Waals surface area contributed by atoms with Crippen LogP contribution in [0.3, 0.4) is 0 Å². The first-order valence-electron chi connectivity index (χ1n) is 6.65. The summed E-state index contributed by atoms with van der Waals surface area (Å²) in [4.78, 5) is 17.0. The minimum absolute atomic E-state index is 0.211. The largest absolute Gasteiger partial charge is 0.355 e. The van der Waals surface area contributed by atoms with Crippen LogP contribution in [-0.2, 0) is 11.3 Å². The number of fused-ring (bicyclic) bond motifs is 1. The molecule has 0 aromatic carbocycles. The third kappa shape index (κ3) is 2.79. The molecule has 1 aliphatic rings. The third-order valence-electron chi connectivity index (χ3n) is 3.40.